The smallest absolute Gasteiger partial charge is 0.325 e. The summed E-state index contributed by atoms with van der Waals surface area (Å²) >= 11 is 0. The highest BCUT2D eigenvalue weighted by atomic mass is 16.4. The molecule has 1 aromatic carbocycles. The molecule has 0 saturated heterocycles. The summed E-state index contributed by atoms with van der Waals surface area (Å²) in [5.41, 5.74) is 0.806. The molecule has 6 nitrogen and oxygen atoms in total. The number of hydrogen-bond donors (Lipinski definition) is 3. The molecule has 0 heterocycles. The third-order valence-corrected chi connectivity index (χ3v) is 3.04. The van der Waals surface area contributed by atoms with Gasteiger partial charge in [0.2, 0.25) is 0 Å². The number of carboxylic acid groups (broad SMARTS) is 1. The van der Waals surface area contributed by atoms with Crippen molar-refractivity contribution in [2.45, 2.75) is 31.8 Å². The van der Waals surface area contributed by atoms with E-state index in [2.05, 4.69) is 10.6 Å². The largest absolute Gasteiger partial charge is 0.480 e. The van der Waals surface area contributed by atoms with E-state index in [1.807, 2.05) is 0 Å². The van der Waals surface area contributed by atoms with Crippen LogP contribution in [0.3, 0.4) is 0 Å². The Bertz CT molecular complexity index is 535. The zero-order valence-corrected chi connectivity index (χ0v) is 11.1. The Balaban J connectivity index is 1.98. The second-order valence-corrected chi connectivity index (χ2v) is 4.86. The number of nitrogens with one attached hydrogen (secondary N) is 2. The second kappa shape index (κ2) is 5.73. The van der Waals surface area contributed by atoms with Gasteiger partial charge >= 0.3 is 5.97 Å². The van der Waals surface area contributed by atoms with Crippen molar-refractivity contribution < 1.29 is 19.5 Å². The highest BCUT2D eigenvalue weighted by Gasteiger charge is 2.23. The maximum Gasteiger partial charge on any atom is 0.325 e. The minimum atomic E-state index is -1.10. The van der Waals surface area contributed by atoms with Crippen LogP contribution in [0.15, 0.2) is 24.3 Å². The Morgan fingerprint density at radius 3 is 2.05 bits per heavy atom. The molecule has 20 heavy (non-hydrogen) atoms. The molecule has 2 rings (SSSR count). The van der Waals surface area contributed by atoms with Crippen molar-refractivity contribution in [3.63, 3.8) is 0 Å². The van der Waals surface area contributed by atoms with Crippen molar-refractivity contribution in [1.82, 2.24) is 10.6 Å². The quantitative estimate of drug-likeness (QED) is 0.740. The molecule has 1 saturated carbocycles. The fraction of sp³-hybridized carbons (Fsp3) is 0.357. The molecule has 2 amide bonds. The summed E-state index contributed by atoms with van der Waals surface area (Å²) in [5.74, 6) is -1.73. The Labute approximate surface area is 116 Å². The van der Waals surface area contributed by atoms with Gasteiger partial charge in [0, 0.05) is 17.2 Å². The third-order valence-electron chi connectivity index (χ3n) is 3.04. The number of hydrogen-bond acceptors (Lipinski definition) is 3. The van der Waals surface area contributed by atoms with Gasteiger partial charge < -0.3 is 15.7 Å². The zero-order chi connectivity index (χ0) is 14.7. The van der Waals surface area contributed by atoms with Crippen molar-refractivity contribution in [3.8, 4) is 0 Å². The fourth-order valence-electron chi connectivity index (χ4n) is 1.61. The van der Waals surface area contributed by atoms with Crippen molar-refractivity contribution in [2.24, 2.45) is 0 Å². The minimum Gasteiger partial charge on any atom is -0.480 e. The van der Waals surface area contributed by atoms with Crippen LogP contribution in [0.5, 0.6) is 0 Å². The maximum absolute atomic E-state index is 11.8. The lowest BCUT2D eigenvalue weighted by molar-refractivity contribution is -0.138. The normalized spacial score (nSPS) is 15.2. The first-order valence-electron chi connectivity index (χ1n) is 6.42. The van der Waals surface area contributed by atoms with Crippen LogP contribution in [-0.2, 0) is 4.79 Å². The van der Waals surface area contributed by atoms with E-state index in [0.717, 1.165) is 12.8 Å². The van der Waals surface area contributed by atoms with E-state index in [9.17, 15) is 14.4 Å². The van der Waals surface area contributed by atoms with E-state index in [4.69, 9.17) is 5.11 Å². The molecule has 1 fully saturated rings. The number of rotatable bonds is 5. The predicted molar refractivity (Wildman–Crippen MR) is 71.5 cm³/mol. The molecule has 1 aromatic rings. The SMILES string of the molecule is C[C@H](NC(=O)c1ccc(C(=O)NC2CC2)cc1)C(=O)O. The second-order valence-electron chi connectivity index (χ2n) is 4.86. The van der Waals surface area contributed by atoms with Gasteiger partial charge in [0.05, 0.1) is 0 Å². The van der Waals surface area contributed by atoms with E-state index in [1.54, 1.807) is 12.1 Å². The summed E-state index contributed by atoms with van der Waals surface area (Å²) in [6.07, 6.45) is 2.03. The topological polar surface area (TPSA) is 95.5 Å². The van der Waals surface area contributed by atoms with Crippen LogP contribution >= 0.6 is 0 Å². The van der Waals surface area contributed by atoms with Crippen molar-refractivity contribution in [3.05, 3.63) is 35.4 Å². The monoisotopic (exact) mass is 276 g/mol. The lowest BCUT2D eigenvalue weighted by Gasteiger charge is -2.09. The molecule has 0 bridgehead atoms. The molecule has 0 spiro atoms. The van der Waals surface area contributed by atoms with E-state index in [0.29, 0.717) is 11.1 Å². The number of carboxylic acids is 1. The lowest BCUT2D eigenvalue weighted by atomic mass is 10.1. The maximum atomic E-state index is 11.8. The van der Waals surface area contributed by atoms with Gasteiger partial charge in [0.25, 0.3) is 11.8 Å². The molecule has 1 aliphatic rings. The number of carbonyl (C=O) groups excluding carboxylic acids is 2. The summed E-state index contributed by atoms with van der Waals surface area (Å²) in [7, 11) is 0. The molecular weight excluding hydrogens is 260 g/mol. The molecule has 3 N–H and O–H groups in total. The van der Waals surface area contributed by atoms with Crippen LogP contribution in [0, 0.1) is 0 Å². The molecule has 0 unspecified atom stereocenters. The predicted octanol–water partition coefficient (Wildman–Crippen LogP) is 0.782. The highest BCUT2D eigenvalue weighted by Crippen LogP contribution is 2.19. The first-order chi connectivity index (χ1) is 9.47. The molecule has 6 heteroatoms. The Morgan fingerprint density at radius 2 is 1.60 bits per heavy atom. The fourth-order valence-corrected chi connectivity index (χ4v) is 1.61. The Morgan fingerprint density at radius 1 is 1.10 bits per heavy atom. The van der Waals surface area contributed by atoms with Crippen molar-refractivity contribution >= 4 is 17.8 Å². The molecule has 1 atom stereocenters. The van der Waals surface area contributed by atoms with Gasteiger partial charge in [-0.05, 0) is 44.0 Å². The molecule has 1 aliphatic carbocycles. The third kappa shape index (κ3) is 3.57. The van der Waals surface area contributed by atoms with Gasteiger partial charge in [0.15, 0.2) is 0 Å². The van der Waals surface area contributed by atoms with Crippen molar-refractivity contribution in [2.75, 3.05) is 0 Å². The lowest BCUT2D eigenvalue weighted by Crippen LogP contribution is -2.38. The van der Waals surface area contributed by atoms with E-state index in [1.165, 1.54) is 19.1 Å². The molecule has 106 valence electrons. The molecule has 0 radical (unpaired) electrons. The summed E-state index contributed by atoms with van der Waals surface area (Å²) < 4.78 is 0. The average molecular weight is 276 g/mol. The summed E-state index contributed by atoms with van der Waals surface area (Å²) in [5, 5.41) is 13.9. The van der Waals surface area contributed by atoms with Gasteiger partial charge in [-0.1, -0.05) is 0 Å². The average Bonchev–Trinajstić information content (AvgIpc) is 3.22. The van der Waals surface area contributed by atoms with Crippen LogP contribution in [-0.4, -0.2) is 35.0 Å². The first-order valence-corrected chi connectivity index (χ1v) is 6.42. The highest BCUT2D eigenvalue weighted by molar-refractivity contribution is 5.99. The van der Waals surface area contributed by atoms with Crippen LogP contribution in [0.2, 0.25) is 0 Å². The molecular formula is C14H16N2O4. The number of amides is 2. The Kier molecular flexibility index (Phi) is 4.02. The van der Waals surface area contributed by atoms with E-state index < -0.39 is 17.9 Å². The van der Waals surface area contributed by atoms with Crippen molar-refractivity contribution in [1.29, 1.82) is 0 Å². The van der Waals surface area contributed by atoms with Crippen LogP contribution in [0.25, 0.3) is 0 Å². The molecule has 0 aliphatic heterocycles. The number of aliphatic carboxylic acids is 1. The van der Waals surface area contributed by atoms with Gasteiger partial charge in [-0.25, -0.2) is 0 Å². The first kappa shape index (κ1) is 14.0. The van der Waals surface area contributed by atoms with Gasteiger partial charge in [-0.15, -0.1) is 0 Å². The minimum absolute atomic E-state index is 0.154. The van der Waals surface area contributed by atoms with Gasteiger partial charge in [-0.3, -0.25) is 14.4 Å². The van der Waals surface area contributed by atoms with Gasteiger partial charge in [0.1, 0.15) is 6.04 Å². The Hall–Kier alpha value is -2.37. The van der Waals surface area contributed by atoms with Crippen LogP contribution in [0.1, 0.15) is 40.5 Å². The number of benzene rings is 1. The summed E-state index contributed by atoms with van der Waals surface area (Å²) in [6, 6.07) is 5.44. The zero-order valence-electron chi connectivity index (χ0n) is 11.1. The van der Waals surface area contributed by atoms with Crippen LogP contribution < -0.4 is 10.6 Å². The van der Waals surface area contributed by atoms with E-state index in [-0.39, 0.29) is 11.9 Å². The van der Waals surface area contributed by atoms with Gasteiger partial charge in [-0.2, -0.15) is 0 Å². The number of carbonyl (C=O) groups is 3. The van der Waals surface area contributed by atoms with E-state index >= 15 is 0 Å². The standard InChI is InChI=1S/C14H16N2O4/c1-8(14(19)20)15-12(17)9-2-4-10(5-3-9)13(18)16-11-6-7-11/h2-5,8,11H,6-7H2,1H3,(H,15,17)(H,16,18)(H,19,20)/t8-/m0/s1. The molecule has 0 aromatic heterocycles. The van der Waals surface area contributed by atoms with Crippen LogP contribution in [0.4, 0.5) is 0 Å². The summed E-state index contributed by atoms with van der Waals surface area (Å²) in [6.45, 7) is 1.39. The summed E-state index contributed by atoms with van der Waals surface area (Å²) in [4.78, 5) is 34.2.